The Morgan fingerprint density at radius 1 is 1.03 bits per heavy atom. The molecule has 0 N–H and O–H groups in total. The molecule has 3 rings (SSSR count). The van der Waals surface area contributed by atoms with E-state index in [4.69, 9.17) is 9.15 Å². The first-order valence-corrected chi connectivity index (χ1v) is 10.7. The van der Waals surface area contributed by atoms with Crippen LogP contribution in [0.25, 0.3) is 11.5 Å². The zero-order valence-corrected chi connectivity index (χ0v) is 18.3. The SMILES string of the molecule is Cc1ccc(OCC(=O)C(C)C(CCc2coc(-c3ccccc3)n2)C(C)C)cc1. The van der Waals surface area contributed by atoms with Gasteiger partial charge in [-0.15, -0.1) is 0 Å². The van der Waals surface area contributed by atoms with Crippen molar-refractivity contribution in [1.29, 1.82) is 0 Å². The number of rotatable bonds is 10. The monoisotopic (exact) mass is 405 g/mol. The zero-order valence-electron chi connectivity index (χ0n) is 18.3. The van der Waals surface area contributed by atoms with Crippen LogP contribution in [-0.4, -0.2) is 17.4 Å². The number of oxazole rings is 1. The Bertz CT molecular complexity index is 928. The number of carbonyl (C=O) groups is 1. The van der Waals surface area contributed by atoms with Crippen molar-refractivity contribution >= 4 is 5.78 Å². The number of hydrogen-bond acceptors (Lipinski definition) is 4. The second-order valence-electron chi connectivity index (χ2n) is 8.31. The van der Waals surface area contributed by atoms with Crippen LogP contribution >= 0.6 is 0 Å². The number of aryl methyl sites for hydroxylation is 2. The highest BCUT2D eigenvalue weighted by molar-refractivity contribution is 5.82. The van der Waals surface area contributed by atoms with Crippen LogP contribution in [0, 0.1) is 24.7 Å². The summed E-state index contributed by atoms with van der Waals surface area (Å²) in [4.78, 5) is 17.4. The molecule has 0 amide bonds. The molecule has 4 heteroatoms. The maximum atomic E-state index is 12.8. The van der Waals surface area contributed by atoms with Gasteiger partial charge in [0.2, 0.25) is 5.89 Å². The van der Waals surface area contributed by atoms with Gasteiger partial charge in [-0.1, -0.05) is 56.7 Å². The molecule has 0 radical (unpaired) electrons. The molecule has 0 fully saturated rings. The summed E-state index contributed by atoms with van der Waals surface area (Å²) >= 11 is 0. The summed E-state index contributed by atoms with van der Waals surface area (Å²) in [5.41, 5.74) is 3.07. The van der Waals surface area contributed by atoms with E-state index in [-0.39, 0.29) is 24.2 Å². The van der Waals surface area contributed by atoms with Crippen molar-refractivity contribution in [3.05, 3.63) is 72.1 Å². The van der Waals surface area contributed by atoms with Crippen LogP contribution in [0.15, 0.2) is 65.3 Å². The quantitative estimate of drug-likeness (QED) is 0.406. The highest BCUT2D eigenvalue weighted by Crippen LogP contribution is 2.28. The average molecular weight is 406 g/mol. The molecule has 0 saturated carbocycles. The summed E-state index contributed by atoms with van der Waals surface area (Å²) in [6, 6.07) is 17.7. The number of nitrogens with zero attached hydrogens (tertiary/aromatic N) is 1. The number of ketones is 1. The standard InChI is InChI=1S/C26H31NO3/c1-18(2)24(20(4)25(28)17-29-23-13-10-19(3)11-14-23)15-12-22-16-30-26(27-22)21-8-6-5-7-9-21/h5-11,13-14,16,18,20,24H,12,15,17H2,1-4H3. The van der Waals surface area contributed by atoms with E-state index in [9.17, 15) is 4.79 Å². The Hall–Kier alpha value is -2.88. The van der Waals surface area contributed by atoms with E-state index in [2.05, 4.69) is 18.8 Å². The van der Waals surface area contributed by atoms with Gasteiger partial charge in [-0.25, -0.2) is 4.98 Å². The summed E-state index contributed by atoms with van der Waals surface area (Å²) in [6.07, 6.45) is 3.40. The van der Waals surface area contributed by atoms with Crippen molar-refractivity contribution in [3.63, 3.8) is 0 Å². The molecule has 0 aliphatic heterocycles. The van der Waals surface area contributed by atoms with Crippen molar-refractivity contribution in [3.8, 4) is 17.2 Å². The van der Waals surface area contributed by atoms with Gasteiger partial charge in [-0.05, 0) is 55.9 Å². The molecule has 158 valence electrons. The van der Waals surface area contributed by atoms with Gasteiger partial charge in [-0.3, -0.25) is 4.79 Å². The van der Waals surface area contributed by atoms with Gasteiger partial charge in [0, 0.05) is 11.5 Å². The minimum absolute atomic E-state index is 0.0732. The topological polar surface area (TPSA) is 52.3 Å². The third kappa shape index (κ3) is 5.82. The maximum absolute atomic E-state index is 12.8. The van der Waals surface area contributed by atoms with Gasteiger partial charge in [0.1, 0.15) is 18.6 Å². The third-order valence-electron chi connectivity index (χ3n) is 5.71. The normalized spacial score (nSPS) is 13.2. The van der Waals surface area contributed by atoms with E-state index in [0.717, 1.165) is 29.8 Å². The Morgan fingerprint density at radius 3 is 2.40 bits per heavy atom. The molecule has 30 heavy (non-hydrogen) atoms. The molecule has 2 atom stereocenters. The minimum Gasteiger partial charge on any atom is -0.486 e. The van der Waals surface area contributed by atoms with Crippen LogP contribution in [0.1, 0.15) is 38.4 Å². The first-order chi connectivity index (χ1) is 14.4. The number of Topliss-reactive ketones (excluding diaryl/α,β-unsaturated/α-hetero) is 1. The number of benzene rings is 2. The molecule has 2 aromatic carbocycles. The first kappa shape index (κ1) is 21.8. The van der Waals surface area contributed by atoms with E-state index >= 15 is 0 Å². The summed E-state index contributed by atoms with van der Waals surface area (Å²) in [7, 11) is 0. The summed E-state index contributed by atoms with van der Waals surface area (Å²) in [5.74, 6) is 2.09. The van der Waals surface area contributed by atoms with Gasteiger partial charge in [-0.2, -0.15) is 0 Å². The van der Waals surface area contributed by atoms with Crippen molar-refractivity contribution < 1.29 is 13.9 Å². The molecule has 3 aromatic rings. The highest BCUT2D eigenvalue weighted by Gasteiger charge is 2.27. The molecule has 0 aliphatic rings. The van der Waals surface area contributed by atoms with E-state index < -0.39 is 0 Å². The van der Waals surface area contributed by atoms with Crippen LogP contribution in [-0.2, 0) is 11.2 Å². The third-order valence-corrected chi connectivity index (χ3v) is 5.71. The lowest BCUT2D eigenvalue weighted by Crippen LogP contribution is -2.29. The number of hydrogen-bond donors (Lipinski definition) is 0. The summed E-state index contributed by atoms with van der Waals surface area (Å²) in [5, 5.41) is 0. The molecule has 2 unspecified atom stereocenters. The maximum Gasteiger partial charge on any atom is 0.226 e. The van der Waals surface area contributed by atoms with Crippen LogP contribution < -0.4 is 4.74 Å². The predicted molar refractivity (Wildman–Crippen MR) is 119 cm³/mol. The van der Waals surface area contributed by atoms with Gasteiger partial charge < -0.3 is 9.15 Å². The van der Waals surface area contributed by atoms with Gasteiger partial charge in [0.25, 0.3) is 0 Å². The fourth-order valence-corrected chi connectivity index (χ4v) is 3.77. The Balaban J connectivity index is 1.56. The first-order valence-electron chi connectivity index (χ1n) is 10.7. The number of carbonyl (C=O) groups excluding carboxylic acids is 1. The van der Waals surface area contributed by atoms with Crippen molar-refractivity contribution in [2.45, 2.75) is 40.5 Å². The van der Waals surface area contributed by atoms with Crippen molar-refractivity contribution in [2.24, 2.45) is 17.8 Å². The molecule has 0 aliphatic carbocycles. The predicted octanol–water partition coefficient (Wildman–Crippen LogP) is 6.14. The lowest BCUT2D eigenvalue weighted by Gasteiger charge is -2.26. The lowest BCUT2D eigenvalue weighted by atomic mass is 9.79. The summed E-state index contributed by atoms with van der Waals surface area (Å²) < 4.78 is 11.4. The fraction of sp³-hybridized carbons (Fsp3) is 0.385. The van der Waals surface area contributed by atoms with Gasteiger partial charge in [0.05, 0.1) is 5.69 Å². The highest BCUT2D eigenvalue weighted by atomic mass is 16.5. The largest absolute Gasteiger partial charge is 0.486 e. The zero-order chi connectivity index (χ0) is 21.5. The van der Waals surface area contributed by atoms with E-state index in [1.807, 2.05) is 68.4 Å². The fourth-order valence-electron chi connectivity index (χ4n) is 3.77. The van der Waals surface area contributed by atoms with Crippen molar-refractivity contribution in [2.75, 3.05) is 6.61 Å². The van der Waals surface area contributed by atoms with Gasteiger partial charge in [0.15, 0.2) is 5.78 Å². The van der Waals surface area contributed by atoms with E-state index in [1.165, 1.54) is 5.56 Å². The second-order valence-corrected chi connectivity index (χ2v) is 8.31. The molecule has 0 bridgehead atoms. The Labute approximate surface area is 179 Å². The minimum atomic E-state index is -0.0732. The van der Waals surface area contributed by atoms with Gasteiger partial charge >= 0.3 is 0 Å². The van der Waals surface area contributed by atoms with Crippen LogP contribution in [0.3, 0.4) is 0 Å². The molecule has 1 heterocycles. The van der Waals surface area contributed by atoms with Crippen molar-refractivity contribution in [1.82, 2.24) is 4.98 Å². The summed E-state index contributed by atoms with van der Waals surface area (Å²) in [6.45, 7) is 8.50. The molecular formula is C26H31NO3. The lowest BCUT2D eigenvalue weighted by molar-refractivity contribution is -0.126. The van der Waals surface area contributed by atoms with Crippen LogP contribution in [0.4, 0.5) is 0 Å². The Morgan fingerprint density at radius 2 is 1.73 bits per heavy atom. The Kier molecular flexibility index (Phi) is 7.45. The molecule has 0 saturated heterocycles. The molecular weight excluding hydrogens is 374 g/mol. The molecule has 0 spiro atoms. The second kappa shape index (κ2) is 10.2. The molecule has 4 nitrogen and oxygen atoms in total. The van der Waals surface area contributed by atoms with Crippen LogP contribution in [0.2, 0.25) is 0 Å². The smallest absolute Gasteiger partial charge is 0.226 e. The number of aromatic nitrogens is 1. The average Bonchev–Trinajstić information content (AvgIpc) is 3.22. The van der Waals surface area contributed by atoms with Crippen LogP contribution in [0.5, 0.6) is 5.75 Å². The number of ether oxygens (including phenoxy) is 1. The molecule has 1 aromatic heterocycles. The van der Waals surface area contributed by atoms with E-state index in [0.29, 0.717) is 11.8 Å². The van der Waals surface area contributed by atoms with E-state index in [1.54, 1.807) is 6.26 Å².